The van der Waals surface area contributed by atoms with Crippen LogP contribution in [0.25, 0.3) is 0 Å². The van der Waals surface area contributed by atoms with E-state index in [0.717, 1.165) is 0 Å². The minimum Gasteiger partial charge on any atom is -0.443 e. The number of carbonyl (C=O) groups excluding carboxylic acids is 3. The second kappa shape index (κ2) is 4.53. The number of alkyl halides is 1. The van der Waals surface area contributed by atoms with Crippen LogP contribution in [0.5, 0.6) is 0 Å². The van der Waals surface area contributed by atoms with Gasteiger partial charge in [-0.15, -0.1) is 0 Å². The van der Waals surface area contributed by atoms with Crippen LogP contribution in [0.3, 0.4) is 0 Å². The summed E-state index contributed by atoms with van der Waals surface area (Å²) in [6.07, 6.45) is -0.315. The molecule has 0 bridgehead atoms. The van der Waals surface area contributed by atoms with Gasteiger partial charge < -0.3 is 4.74 Å². The van der Waals surface area contributed by atoms with Crippen molar-refractivity contribution in [3.63, 3.8) is 0 Å². The Bertz CT molecular complexity index is 334. The zero-order valence-electron chi connectivity index (χ0n) is 9.45. The summed E-state index contributed by atoms with van der Waals surface area (Å²) in [5, 5.41) is 0. The van der Waals surface area contributed by atoms with E-state index in [4.69, 9.17) is 4.74 Å². The van der Waals surface area contributed by atoms with Crippen LogP contribution >= 0.6 is 15.9 Å². The van der Waals surface area contributed by atoms with Crippen LogP contribution < -0.4 is 0 Å². The molecule has 6 heteroatoms. The van der Waals surface area contributed by atoms with E-state index in [-0.39, 0.29) is 6.42 Å². The maximum atomic E-state index is 11.6. The van der Waals surface area contributed by atoms with Crippen LogP contribution in [0.2, 0.25) is 0 Å². The van der Waals surface area contributed by atoms with Crippen molar-refractivity contribution in [1.29, 1.82) is 0 Å². The monoisotopic (exact) mass is 291 g/mol. The van der Waals surface area contributed by atoms with Crippen molar-refractivity contribution in [3.8, 4) is 0 Å². The van der Waals surface area contributed by atoms with E-state index < -0.39 is 28.3 Å². The van der Waals surface area contributed by atoms with Gasteiger partial charge in [0.2, 0.25) is 5.91 Å². The summed E-state index contributed by atoms with van der Waals surface area (Å²) in [4.78, 5) is 34.8. The molecule has 1 aliphatic heterocycles. The van der Waals surface area contributed by atoms with Gasteiger partial charge in [-0.1, -0.05) is 15.9 Å². The molecule has 1 heterocycles. The molecule has 1 rings (SSSR count). The Hall–Kier alpha value is -0.910. The van der Waals surface area contributed by atoms with Gasteiger partial charge in [0, 0.05) is 6.42 Å². The van der Waals surface area contributed by atoms with Crippen molar-refractivity contribution in [2.24, 2.45) is 0 Å². The molecule has 0 aliphatic carbocycles. The first-order valence-corrected chi connectivity index (χ1v) is 5.88. The van der Waals surface area contributed by atoms with Crippen LogP contribution in [-0.2, 0) is 14.3 Å². The SMILES string of the molecule is CC(C)(C)OC(=O)N1C(=O)CCC(Br)C1=O. The van der Waals surface area contributed by atoms with E-state index in [2.05, 4.69) is 15.9 Å². The van der Waals surface area contributed by atoms with E-state index in [1.54, 1.807) is 20.8 Å². The summed E-state index contributed by atoms with van der Waals surface area (Å²) >= 11 is 3.12. The molecule has 1 atom stereocenters. The highest BCUT2D eigenvalue weighted by atomic mass is 79.9. The van der Waals surface area contributed by atoms with Crippen molar-refractivity contribution < 1.29 is 19.1 Å². The van der Waals surface area contributed by atoms with Crippen LogP contribution in [0.1, 0.15) is 33.6 Å². The fourth-order valence-corrected chi connectivity index (χ4v) is 1.68. The van der Waals surface area contributed by atoms with Crippen LogP contribution in [-0.4, -0.2) is 33.2 Å². The van der Waals surface area contributed by atoms with Crippen LogP contribution in [0, 0.1) is 0 Å². The minimum atomic E-state index is -0.897. The van der Waals surface area contributed by atoms with Crippen molar-refractivity contribution >= 4 is 33.8 Å². The van der Waals surface area contributed by atoms with E-state index >= 15 is 0 Å². The molecule has 0 aromatic heterocycles. The van der Waals surface area contributed by atoms with E-state index in [1.165, 1.54) is 0 Å². The van der Waals surface area contributed by atoms with Gasteiger partial charge in [-0.25, -0.2) is 4.79 Å². The lowest BCUT2D eigenvalue weighted by atomic mass is 10.1. The molecule has 0 spiro atoms. The Labute approximate surface area is 102 Å². The number of imide groups is 3. The Morgan fingerprint density at radius 1 is 1.44 bits per heavy atom. The lowest BCUT2D eigenvalue weighted by Gasteiger charge is -2.28. The maximum absolute atomic E-state index is 11.6. The molecule has 0 aromatic rings. The number of halogens is 1. The summed E-state index contributed by atoms with van der Waals surface area (Å²) < 4.78 is 4.99. The molecule has 0 radical (unpaired) electrons. The van der Waals surface area contributed by atoms with Crippen molar-refractivity contribution in [2.75, 3.05) is 0 Å². The molecule has 16 heavy (non-hydrogen) atoms. The number of piperidine rings is 1. The fraction of sp³-hybridized carbons (Fsp3) is 0.700. The number of rotatable bonds is 0. The van der Waals surface area contributed by atoms with Gasteiger partial charge in [0.1, 0.15) is 5.60 Å². The third kappa shape index (κ3) is 3.04. The molecule has 0 N–H and O–H groups in total. The number of carbonyl (C=O) groups is 3. The number of ether oxygens (including phenoxy) is 1. The predicted molar refractivity (Wildman–Crippen MR) is 60.0 cm³/mol. The molecular weight excluding hydrogens is 278 g/mol. The summed E-state index contributed by atoms with van der Waals surface area (Å²) in [7, 11) is 0. The van der Waals surface area contributed by atoms with E-state index in [1.807, 2.05) is 0 Å². The largest absolute Gasteiger partial charge is 0.443 e. The Morgan fingerprint density at radius 3 is 2.50 bits per heavy atom. The average Bonchev–Trinajstić information content (AvgIpc) is 2.09. The van der Waals surface area contributed by atoms with E-state index in [0.29, 0.717) is 11.3 Å². The van der Waals surface area contributed by atoms with Crippen molar-refractivity contribution in [1.82, 2.24) is 4.90 Å². The molecule has 1 unspecified atom stereocenters. The molecule has 90 valence electrons. The first kappa shape index (κ1) is 13.2. The normalized spacial score (nSPS) is 22.2. The molecule has 1 saturated heterocycles. The molecule has 5 nitrogen and oxygen atoms in total. The molecule has 0 saturated carbocycles. The third-order valence-corrected chi connectivity index (χ3v) is 2.77. The Balaban J connectivity index is 2.80. The first-order chi connectivity index (χ1) is 7.22. The quantitative estimate of drug-likeness (QED) is 0.505. The minimum absolute atomic E-state index is 0.168. The van der Waals surface area contributed by atoms with Gasteiger partial charge in [-0.05, 0) is 27.2 Å². The van der Waals surface area contributed by atoms with E-state index in [9.17, 15) is 14.4 Å². The summed E-state index contributed by atoms with van der Waals surface area (Å²) in [6.45, 7) is 5.03. The van der Waals surface area contributed by atoms with Gasteiger partial charge >= 0.3 is 6.09 Å². The molecule has 1 fully saturated rings. The Kier molecular flexibility index (Phi) is 3.72. The topological polar surface area (TPSA) is 63.7 Å². The lowest BCUT2D eigenvalue weighted by molar-refractivity contribution is -0.145. The average molecular weight is 292 g/mol. The summed E-state index contributed by atoms with van der Waals surface area (Å²) in [5.74, 6) is -1.06. The zero-order chi connectivity index (χ0) is 12.5. The third-order valence-electron chi connectivity index (χ3n) is 1.93. The fourth-order valence-electron chi connectivity index (χ4n) is 1.25. The molecule has 3 amide bonds. The number of amides is 3. The molecule has 1 aliphatic rings. The van der Waals surface area contributed by atoms with Gasteiger partial charge in [-0.2, -0.15) is 4.90 Å². The predicted octanol–water partition coefficient (Wildman–Crippen LogP) is 1.83. The standard InChI is InChI=1S/C10H14BrNO4/c1-10(2,3)16-9(15)12-7(13)5-4-6(11)8(12)14/h6H,4-5H2,1-3H3. The van der Waals surface area contributed by atoms with Crippen LogP contribution in [0.4, 0.5) is 4.79 Å². The number of likely N-dealkylation sites (tertiary alicyclic amines) is 1. The molecule has 0 aromatic carbocycles. The number of nitrogens with zero attached hydrogens (tertiary/aromatic N) is 1. The first-order valence-electron chi connectivity index (χ1n) is 4.96. The Morgan fingerprint density at radius 2 is 2.00 bits per heavy atom. The van der Waals surface area contributed by atoms with Gasteiger partial charge in [-0.3, -0.25) is 9.59 Å². The smallest absolute Gasteiger partial charge is 0.424 e. The maximum Gasteiger partial charge on any atom is 0.424 e. The second-order valence-corrected chi connectivity index (χ2v) is 5.66. The van der Waals surface area contributed by atoms with Gasteiger partial charge in [0.05, 0.1) is 4.83 Å². The van der Waals surface area contributed by atoms with Gasteiger partial charge in [0.25, 0.3) is 5.91 Å². The van der Waals surface area contributed by atoms with Gasteiger partial charge in [0.15, 0.2) is 0 Å². The number of hydrogen-bond donors (Lipinski definition) is 0. The van der Waals surface area contributed by atoms with Crippen LogP contribution in [0.15, 0.2) is 0 Å². The van der Waals surface area contributed by atoms with Crippen molar-refractivity contribution in [3.05, 3.63) is 0 Å². The van der Waals surface area contributed by atoms with Crippen molar-refractivity contribution in [2.45, 2.75) is 44.0 Å². The second-order valence-electron chi connectivity index (χ2n) is 4.55. The zero-order valence-corrected chi connectivity index (χ0v) is 11.0. The highest BCUT2D eigenvalue weighted by Gasteiger charge is 2.39. The highest BCUT2D eigenvalue weighted by Crippen LogP contribution is 2.21. The summed E-state index contributed by atoms with van der Waals surface area (Å²) in [5.41, 5.74) is -0.725. The number of hydrogen-bond acceptors (Lipinski definition) is 4. The lowest BCUT2D eigenvalue weighted by Crippen LogP contribution is -2.50. The highest BCUT2D eigenvalue weighted by molar-refractivity contribution is 9.10. The molecular formula is C10H14BrNO4. The summed E-state index contributed by atoms with van der Waals surface area (Å²) in [6, 6.07) is 0.